The van der Waals surface area contributed by atoms with Crippen molar-refractivity contribution < 1.29 is 4.84 Å². The summed E-state index contributed by atoms with van der Waals surface area (Å²) in [5.41, 5.74) is 3.49. The molecular weight excluding hydrogens is 186 g/mol. The maximum atomic E-state index is 4.94. The predicted molar refractivity (Wildman–Crippen MR) is 64.9 cm³/mol. The Morgan fingerprint density at radius 1 is 1.33 bits per heavy atom. The summed E-state index contributed by atoms with van der Waals surface area (Å²) in [5.74, 6) is 0. The summed E-state index contributed by atoms with van der Waals surface area (Å²) in [6.45, 7) is 6.58. The molecule has 1 aromatic carbocycles. The number of hydrogen-bond donors (Lipinski definition) is 0. The monoisotopic (exact) mass is 203 g/mol. The molecule has 1 aromatic rings. The van der Waals surface area contributed by atoms with E-state index in [1.165, 1.54) is 5.56 Å². The molecule has 0 aliphatic carbocycles. The molecule has 0 aliphatic heterocycles. The minimum atomic E-state index is 0.599. The van der Waals surface area contributed by atoms with Crippen LogP contribution in [0.25, 0.3) is 5.57 Å². The van der Waals surface area contributed by atoms with Gasteiger partial charge in [0.25, 0.3) is 0 Å². The first kappa shape index (κ1) is 11.5. The lowest BCUT2D eigenvalue weighted by atomic mass is 10.1. The Balaban J connectivity index is 2.80. The Kier molecular flexibility index (Phi) is 4.61. The van der Waals surface area contributed by atoms with Gasteiger partial charge in [-0.2, -0.15) is 0 Å². The van der Waals surface area contributed by atoms with E-state index in [1.807, 2.05) is 19.9 Å². The van der Waals surface area contributed by atoms with Crippen LogP contribution < -0.4 is 0 Å². The number of aryl methyl sites for hydroxylation is 1. The molecule has 2 nitrogen and oxygen atoms in total. The molecule has 0 saturated heterocycles. The second-order valence-corrected chi connectivity index (χ2v) is 3.26. The minimum absolute atomic E-state index is 0.599. The van der Waals surface area contributed by atoms with Crippen LogP contribution in [0.5, 0.6) is 0 Å². The van der Waals surface area contributed by atoms with Gasteiger partial charge in [-0.25, -0.2) is 0 Å². The smallest absolute Gasteiger partial charge is 0.114 e. The zero-order valence-electron chi connectivity index (χ0n) is 9.53. The van der Waals surface area contributed by atoms with E-state index < -0.39 is 0 Å². The lowest BCUT2D eigenvalue weighted by Crippen LogP contribution is -1.88. The van der Waals surface area contributed by atoms with Crippen molar-refractivity contribution in [3.05, 3.63) is 41.5 Å². The standard InChI is InChI=1S/C13H17NO/c1-4-12(10-14-15-5-2)13-8-6-11(3)7-9-13/h4,6-10H,5H2,1-3H3/b12-4-,14-10-. The van der Waals surface area contributed by atoms with Crippen molar-refractivity contribution in [1.82, 2.24) is 0 Å². The molecule has 0 radical (unpaired) electrons. The highest BCUT2D eigenvalue weighted by atomic mass is 16.6. The van der Waals surface area contributed by atoms with Crippen LogP contribution in [0.1, 0.15) is 25.0 Å². The third kappa shape index (κ3) is 3.58. The second kappa shape index (κ2) is 6.02. The number of nitrogens with zero attached hydrogens (tertiary/aromatic N) is 1. The zero-order valence-corrected chi connectivity index (χ0v) is 9.53. The van der Waals surface area contributed by atoms with Gasteiger partial charge in [0.1, 0.15) is 6.61 Å². The third-order valence-electron chi connectivity index (χ3n) is 2.09. The molecule has 0 unspecified atom stereocenters. The van der Waals surface area contributed by atoms with E-state index >= 15 is 0 Å². The average molecular weight is 203 g/mol. The van der Waals surface area contributed by atoms with E-state index in [0.717, 1.165) is 11.1 Å². The Labute approximate surface area is 91.3 Å². The van der Waals surface area contributed by atoms with Gasteiger partial charge in [-0.3, -0.25) is 0 Å². The van der Waals surface area contributed by atoms with Gasteiger partial charge in [-0.15, -0.1) is 0 Å². The van der Waals surface area contributed by atoms with Gasteiger partial charge in [0.15, 0.2) is 0 Å². The molecule has 0 spiro atoms. The minimum Gasteiger partial charge on any atom is -0.396 e. The van der Waals surface area contributed by atoms with Crippen molar-refractivity contribution in [3.8, 4) is 0 Å². The van der Waals surface area contributed by atoms with E-state index in [-0.39, 0.29) is 0 Å². The summed E-state index contributed by atoms with van der Waals surface area (Å²) >= 11 is 0. The molecule has 0 fully saturated rings. The predicted octanol–water partition coefficient (Wildman–Crippen LogP) is 3.42. The fraction of sp³-hybridized carbons (Fsp3) is 0.308. The maximum absolute atomic E-state index is 4.94. The number of rotatable bonds is 4. The van der Waals surface area contributed by atoms with E-state index in [0.29, 0.717) is 6.61 Å². The molecule has 0 amide bonds. The van der Waals surface area contributed by atoms with Crippen LogP contribution in [-0.4, -0.2) is 12.8 Å². The lowest BCUT2D eigenvalue weighted by Gasteiger charge is -2.01. The van der Waals surface area contributed by atoms with Crippen LogP contribution >= 0.6 is 0 Å². The maximum Gasteiger partial charge on any atom is 0.114 e. The Hall–Kier alpha value is -1.57. The summed E-state index contributed by atoms with van der Waals surface area (Å²) in [6, 6.07) is 8.35. The molecule has 15 heavy (non-hydrogen) atoms. The highest BCUT2D eigenvalue weighted by Gasteiger charge is 1.96. The largest absolute Gasteiger partial charge is 0.396 e. The fourth-order valence-corrected chi connectivity index (χ4v) is 1.23. The first-order valence-electron chi connectivity index (χ1n) is 5.16. The van der Waals surface area contributed by atoms with E-state index in [4.69, 9.17) is 4.84 Å². The molecule has 0 atom stereocenters. The molecule has 2 heteroatoms. The quantitative estimate of drug-likeness (QED) is 0.542. The summed E-state index contributed by atoms with van der Waals surface area (Å²) in [4.78, 5) is 4.94. The van der Waals surface area contributed by atoms with Crippen molar-refractivity contribution in [2.24, 2.45) is 5.16 Å². The average Bonchev–Trinajstić information content (AvgIpc) is 2.26. The van der Waals surface area contributed by atoms with Gasteiger partial charge in [-0.1, -0.05) is 41.1 Å². The van der Waals surface area contributed by atoms with Crippen molar-refractivity contribution in [3.63, 3.8) is 0 Å². The fourth-order valence-electron chi connectivity index (χ4n) is 1.23. The van der Waals surface area contributed by atoms with Crippen LogP contribution in [0.15, 0.2) is 35.5 Å². The Bertz CT molecular complexity index is 349. The van der Waals surface area contributed by atoms with Gasteiger partial charge in [0.2, 0.25) is 0 Å². The Morgan fingerprint density at radius 3 is 2.53 bits per heavy atom. The van der Waals surface area contributed by atoms with E-state index in [9.17, 15) is 0 Å². The Morgan fingerprint density at radius 2 is 2.00 bits per heavy atom. The SMILES string of the molecule is C/C=C(/C=N\OCC)c1ccc(C)cc1. The van der Waals surface area contributed by atoms with Crippen LogP contribution in [0.4, 0.5) is 0 Å². The summed E-state index contributed by atoms with van der Waals surface area (Å²) in [6.07, 6.45) is 3.77. The van der Waals surface area contributed by atoms with Crippen LogP contribution in [0.2, 0.25) is 0 Å². The molecule has 0 bridgehead atoms. The number of oxime groups is 1. The highest BCUT2D eigenvalue weighted by Crippen LogP contribution is 2.13. The van der Waals surface area contributed by atoms with Crippen molar-refractivity contribution >= 4 is 11.8 Å². The normalized spacial score (nSPS) is 12.1. The van der Waals surface area contributed by atoms with E-state index in [2.05, 4.69) is 36.3 Å². The summed E-state index contributed by atoms with van der Waals surface area (Å²) < 4.78 is 0. The third-order valence-corrected chi connectivity index (χ3v) is 2.09. The van der Waals surface area contributed by atoms with Gasteiger partial charge < -0.3 is 4.84 Å². The molecule has 0 aliphatic rings. The van der Waals surface area contributed by atoms with Gasteiger partial charge in [-0.05, 0) is 31.9 Å². The number of allylic oxidation sites excluding steroid dienone is 2. The van der Waals surface area contributed by atoms with Gasteiger partial charge in [0.05, 0.1) is 6.21 Å². The highest BCUT2D eigenvalue weighted by molar-refractivity contribution is 6.09. The van der Waals surface area contributed by atoms with Crippen molar-refractivity contribution in [2.45, 2.75) is 20.8 Å². The van der Waals surface area contributed by atoms with Crippen LogP contribution in [-0.2, 0) is 4.84 Å². The molecule has 0 N–H and O–H groups in total. The molecule has 1 rings (SSSR count). The number of hydrogen-bond acceptors (Lipinski definition) is 2. The number of benzene rings is 1. The summed E-state index contributed by atoms with van der Waals surface area (Å²) in [7, 11) is 0. The molecular formula is C13H17NO. The molecule has 0 heterocycles. The van der Waals surface area contributed by atoms with Gasteiger partial charge >= 0.3 is 0 Å². The first-order chi connectivity index (χ1) is 7.27. The lowest BCUT2D eigenvalue weighted by molar-refractivity contribution is 0.161. The molecule has 80 valence electrons. The van der Waals surface area contributed by atoms with E-state index in [1.54, 1.807) is 6.21 Å². The zero-order chi connectivity index (χ0) is 11.1. The summed E-state index contributed by atoms with van der Waals surface area (Å²) in [5, 5.41) is 3.87. The second-order valence-electron chi connectivity index (χ2n) is 3.26. The molecule has 0 aromatic heterocycles. The van der Waals surface area contributed by atoms with Crippen molar-refractivity contribution in [1.29, 1.82) is 0 Å². The van der Waals surface area contributed by atoms with Gasteiger partial charge in [0, 0.05) is 0 Å². The topological polar surface area (TPSA) is 21.6 Å². The van der Waals surface area contributed by atoms with Crippen LogP contribution in [0, 0.1) is 6.92 Å². The van der Waals surface area contributed by atoms with Crippen LogP contribution in [0.3, 0.4) is 0 Å². The van der Waals surface area contributed by atoms with Crippen molar-refractivity contribution in [2.75, 3.05) is 6.61 Å². The first-order valence-corrected chi connectivity index (χ1v) is 5.16. The molecule has 0 saturated carbocycles.